The Kier molecular flexibility index (Phi) is 6.08. The quantitative estimate of drug-likeness (QED) is 0.250. The maximum absolute atomic E-state index is 14.3. The van der Waals surface area contributed by atoms with E-state index in [2.05, 4.69) is 11.9 Å². The van der Waals surface area contributed by atoms with E-state index in [0.717, 1.165) is 61.8 Å². The Morgan fingerprint density at radius 3 is 2.47 bits per heavy atom. The van der Waals surface area contributed by atoms with Gasteiger partial charge < -0.3 is 9.88 Å². The van der Waals surface area contributed by atoms with Crippen molar-refractivity contribution in [1.29, 1.82) is 0 Å². The Bertz CT molecular complexity index is 1680. The number of carbonyl (C=O) groups is 1. The second-order valence-electron chi connectivity index (χ2n) is 10.1. The lowest BCUT2D eigenvalue weighted by Gasteiger charge is -2.33. The average molecular weight is 545 g/mol. The molecule has 3 heterocycles. The molecule has 8 heteroatoms. The number of amides is 1. The minimum absolute atomic E-state index is 0.158. The van der Waals surface area contributed by atoms with Crippen LogP contribution in [-0.2, 0) is 5.54 Å². The van der Waals surface area contributed by atoms with Crippen molar-refractivity contribution in [3.63, 3.8) is 0 Å². The monoisotopic (exact) mass is 544 g/mol. The lowest BCUT2D eigenvalue weighted by molar-refractivity contribution is 0.0601. The number of aromatic amines is 1. The highest BCUT2D eigenvalue weighted by molar-refractivity contribution is 7.18. The molecule has 5 nitrogen and oxygen atoms in total. The standard InChI is InChI=1S/C30H26ClFN4OS/c1-17-5-7-20(8-6-17)27-34-25(26(38-27)19-9-11-21(32)12-10-19)28(37)36-16-4-15-30(36,3)29-33-23-14-13-22(31)18(2)24(23)35-29/h5-14H,4,15-16H2,1-3H3,(H,33,35)/t30-/m0/s1. The summed E-state index contributed by atoms with van der Waals surface area (Å²) in [6, 6.07) is 18.1. The molecule has 1 N–H and O–H groups in total. The molecule has 2 aromatic heterocycles. The molecule has 1 amide bonds. The van der Waals surface area contributed by atoms with Gasteiger partial charge in [-0.1, -0.05) is 53.6 Å². The number of aromatic nitrogens is 3. The highest BCUT2D eigenvalue weighted by atomic mass is 35.5. The third kappa shape index (κ3) is 4.10. The van der Waals surface area contributed by atoms with Gasteiger partial charge in [0.25, 0.3) is 5.91 Å². The number of halogens is 2. The molecule has 0 radical (unpaired) electrons. The number of aryl methyl sites for hydroxylation is 2. The fourth-order valence-electron chi connectivity index (χ4n) is 5.19. The highest BCUT2D eigenvalue weighted by Crippen LogP contribution is 2.42. The van der Waals surface area contributed by atoms with Gasteiger partial charge in [0.05, 0.1) is 21.4 Å². The fourth-order valence-corrected chi connectivity index (χ4v) is 6.41. The molecule has 1 atom stereocenters. The van der Waals surface area contributed by atoms with Crippen LogP contribution in [0.4, 0.5) is 4.39 Å². The van der Waals surface area contributed by atoms with E-state index in [1.807, 2.05) is 55.1 Å². The second kappa shape index (κ2) is 9.33. The van der Waals surface area contributed by atoms with Gasteiger partial charge in [-0.15, -0.1) is 11.3 Å². The van der Waals surface area contributed by atoms with Crippen LogP contribution in [0.3, 0.4) is 0 Å². The van der Waals surface area contributed by atoms with Gasteiger partial charge in [0.15, 0.2) is 0 Å². The normalized spacial score (nSPS) is 17.4. The van der Waals surface area contributed by atoms with Crippen molar-refractivity contribution < 1.29 is 9.18 Å². The molecule has 3 aromatic carbocycles. The van der Waals surface area contributed by atoms with Gasteiger partial charge in [-0.25, -0.2) is 14.4 Å². The van der Waals surface area contributed by atoms with Crippen LogP contribution in [-0.4, -0.2) is 32.3 Å². The lowest BCUT2D eigenvalue weighted by atomic mass is 9.97. The molecule has 38 heavy (non-hydrogen) atoms. The van der Waals surface area contributed by atoms with Crippen molar-refractivity contribution in [2.45, 2.75) is 39.2 Å². The summed E-state index contributed by atoms with van der Waals surface area (Å²) in [4.78, 5) is 30.1. The number of benzene rings is 3. The zero-order valence-electron chi connectivity index (χ0n) is 21.3. The zero-order valence-corrected chi connectivity index (χ0v) is 22.9. The molecule has 1 saturated heterocycles. The number of hydrogen-bond donors (Lipinski definition) is 1. The van der Waals surface area contributed by atoms with Crippen molar-refractivity contribution in [2.24, 2.45) is 0 Å². The van der Waals surface area contributed by atoms with Gasteiger partial charge in [0.2, 0.25) is 0 Å². The summed E-state index contributed by atoms with van der Waals surface area (Å²) in [7, 11) is 0. The maximum Gasteiger partial charge on any atom is 0.274 e. The molecule has 0 unspecified atom stereocenters. The van der Waals surface area contributed by atoms with E-state index in [1.54, 1.807) is 12.1 Å². The third-order valence-electron chi connectivity index (χ3n) is 7.47. The molecule has 1 aliphatic heterocycles. The third-order valence-corrected chi connectivity index (χ3v) is 9.04. The topological polar surface area (TPSA) is 61.9 Å². The SMILES string of the molecule is Cc1ccc(-c2nc(C(=O)N3CCC[C@@]3(C)c3nc4c(C)c(Cl)ccc4[nH]3)c(-c3ccc(F)cc3)s2)cc1. The summed E-state index contributed by atoms with van der Waals surface area (Å²) in [6.45, 7) is 6.63. The van der Waals surface area contributed by atoms with E-state index in [9.17, 15) is 9.18 Å². The largest absolute Gasteiger partial charge is 0.340 e. The molecule has 6 rings (SSSR count). The minimum atomic E-state index is -0.636. The molecule has 5 aromatic rings. The summed E-state index contributed by atoms with van der Waals surface area (Å²) >= 11 is 7.80. The smallest absolute Gasteiger partial charge is 0.274 e. The van der Waals surface area contributed by atoms with Gasteiger partial charge in [-0.2, -0.15) is 0 Å². The number of thiazole rings is 1. The molecule has 1 fully saturated rings. The molecule has 0 bridgehead atoms. The number of rotatable bonds is 4. The number of likely N-dealkylation sites (tertiary alicyclic amines) is 1. The van der Waals surface area contributed by atoms with Crippen LogP contribution in [0.25, 0.3) is 32.0 Å². The first-order valence-corrected chi connectivity index (χ1v) is 13.7. The second-order valence-corrected chi connectivity index (χ2v) is 11.5. The van der Waals surface area contributed by atoms with E-state index in [-0.39, 0.29) is 11.7 Å². The maximum atomic E-state index is 14.3. The molecule has 1 aliphatic rings. The summed E-state index contributed by atoms with van der Waals surface area (Å²) < 4.78 is 13.7. The molecular formula is C30H26ClFN4OS. The Balaban J connectivity index is 1.45. The Morgan fingerprint density at radius 1 is 1.03 bits per heavy atom. The van der Waals surface area contributed by atoms with Crippen molar-refractivity contribution in [3.8, 4) is 21.0 Å². The predicted molar refractivity (Wildman–Crippen MR) is 151 cm³/mol. The van der Waals surface area contributed by atoms with E-state index in [0.29, 0.717) is 17.3 Å². The van der Waals surface area contributed by atoms with Crippen molar-refractivity contribution in [2.75, 3.05) is 6.54 Å². The molecular weight excluding hydrogens is 519 g/mol. The van der Waals surface area contributed by atoms with E-state index in [1.165, 1.54) is 23.5 Å². The van der Waals surface area contributed by atoms with Gasteiger partial charge in [-0.3, -0.25) is 4.79 Å². The summed E-state index contributed by atoms with van der Waals surface area (Å²) in [5.41, 5.74) is 5.21. The van der Waals surface area contributed by atoms with E-state index in [4.69, 9.17) is 21.6 Å². The lowest BCUT2D eigenvalue weighted by Crippen LogP contribution is -2.44. The summed E-state index contributed by atoms with van der Waals surface area (Å²) in [5, 5.41) is 1.41. The van der Waals surface area contributed by atoms with Crippen LogP contribution in [0.15, 0.2) is 60.7 Å². The number of fused-ring (bicyclic) bond motifs is 1. The van der Waals surface area contributed by atoms with E-state index < -0.39 is 5.54 Å². The number of hydrogen-bond acceptors (Lipinski definition) is 4. The molecule has 0 saturated carbocycles. The molecule has 192 valence electrons. The molecule has 0 spiro atoms. The first-order valence-electron chi connectivity index (χ1n) is 12.6. The van der Waals surface area contributed by atoms with E-state index >= 15 is 0 Å². The Hall–Kier alpha value is -3.55. The number of nitrogens with zero attached hydrogens (tertiary/aromatic N) is 3. The first-order chi connectivity index (χ1) is 18.2. The zero-order chi connectivity index (χ0) is 26.6. The van der Waals surface area contributed by atoms with Gasteiger partial charge >= 0.3 is 0 Å². The summed E-state index contributed by atoms with van der Waals surface area (Å²) in [6.07, 6.45) is 1.62. The van der Waals surface area contributed by atoms with Gasteiger partial charge in [0.1, 0.15) is 22.3 Å². The average Bonchev–Trinajstić information content (AvgIpc) is 3.64. The van der Waals surface area contributed by atoms with Crippen LogP contribution < -0.4 is 0 Å². The Morgan fingerprint density at radius 2 is 1.74 bits per heavy atom. The van der Waals surface area contributed by atoms with Gasteiger partial charge in [0, 0.05) is 17.1 Å². The summed E-state index contributed by atoms with van der Waals surface area (Å²) in [5.74, 6) is 0.257. The fraction of sp³-hybridized carbons (Fsp3) is 0.233. The number of H-pyrrole nitrogens is 1. The van der Waals surface area contributed by atoms with Crippen molar-refractivity contribution in [3.05, 3.63) is 94.1 Å². The van der Waals surface area contributed by atoms with Crippen LogP contribution in [0.1, 0.15) is 47.2 Å². The first kappa shape index (κ1) is 24.8. The predicted octanol–water partition coefficient (Wildman–Crippen LogP) is 7.91. The minimum Gasteiger partial charge on any atom is -0.340 e. The van der Waals surface area contributed by atoms with Crippen LogP contribution >= 0.6 is 22.9 Å². The number of carbonyl (C=O) groups excluding carboxylic acids is 1. The van der Waals surface area contributed by atoms with Crippen LogP contribution in [0.5, 0.6) is 0 Å². The van der Waals surface area contributed by atoms with Crippen molar-refractivity contribution in [1.82, 2.24) is 19.9 Å². The number of nitrogens with one attached hydrogen (secondary N) is 1. The number of imidazole rings is 1. The van der Waals surface area contributed by atoms with Crippen LogP contribution in [0.2, 0.25) is 5.02 Å². The Labute approximate surface area is 229 Å². The van der Waals surface area contributed by atoms with Crippen molar-refractivity contribution >= 4 is 39.9 Å². The highest BCUT2D eigenvalue weighted by Gasteiger charge is 2.45. The molecule has 0 aliphatic carbocycles. The van der Waals surface area contributed by atoms with Crippen LogP contribution in [0, 0.1) is 19.7 Å². The van der Waals surface area contributed by atoms with Gasteiger partial charge in [-0.05, 0) is 69.0 Å².